The topological polar surface area (TPSA) is 60.2 Å². The molecule has 1 aliphatic rings. The highest BCUT2D eigenvalue weighted by Crippen LogP contribution is 2.38. The number of hydrogen-bond acceptors (Lipinski definition) is 5. The van der Waals surface area contributed by atoms with E-state index < -0.39 is 0 Å². The molecule has 1 fully saturated rings. The Morgan fingerprint density at radius 3 is 2.81 bits per heavy atom. The van der Waals surface area contributed by atoms with Crippen molar-refractivity contribution < 1.29 is 4.74 Å². The van der Waals surface area contributed by atoms with E-state index in [2.05, 4.69) is 35.7 Å². The van der Waals surface area contributed by atoms with E-state index in [1.165, 1.54) is 11.5 Å². The molecule has 112 valence electrons. The highest BCUT2D eigenvalue weighted by molar-refractivity contribution is 7.11. The zero-order valence-corrected chi connectivity index (χ0v) is 13.2. The number of nitrogens with zero attached hydrogens (tertiary/aromatic N) is 1. The lowest BCUT2D eigenvalue weighted by Gasteiger charge is -2.36. The molecule has 1 aromatic carbocycles. The number of hydrogen-bond donors (Lipinski definition) is 2. The summed E-state index contributed by atoms with van der Waals surface area (Å²) in [4.78, 5) is 0. The smallest absolute Gasteiger partial charge is 0.147 e. The second kappa shape index (κ2) is 5.66. The summed E-state index contributed by atoms with van der Waals surface area (Å²) in [5.41, 5.74) is 8.12. The van der Waals surface area contributed by atoms with Gasteiger partial charge in [0.05, 0.1) is 11.2 Å². The van der Waals surface area contributed by atoms with E-state index in [0.29, 0.717) is 11.9 Å². The fourth-order valence-corrected chi connectivity index (χ4v) is 3.64. The summed E-state index contributed by atoms with van der Waals surface area (Å²) in [5.74, 6) is 0.597. The zero-order chi connectivity index (χ0) is 14.9. The van der Waals surface area contributed by atoms with Gasteiger partial charge in [-0.1, -0.05) is 30.3 Å². The first-order valence-electron chi connectivity index (χ1n) is 7.26. The first-order chi connectivity index (χ1) is 10.1. The monoisotopic (exact) mass is 303 g/mol. The van der Waals surface area contributed by atoms with Gasteiger partial charge in [0.2, 0.25) is 0 Å². The van der Waals surface area contributed by atoms with E-state index in [-0.39, 0.29) is 5.60 Å². The minimum atomic E-state index is -0.0704. The van der Waals surface area contributed by atoms with E-state index in [1.54, 1.807) is 0 Å². The lowest BCUT2D eigenvalue weighted by atomic mass is 9.94. The van der Waals surface area contributed by atoms with Crippen molar-refractivity contribution >= 4 is 22.4 Å². The Balaban J connectivity index is 1.84. The molecule has 2 heterocycles. The summed E-state index contributed by atoms with van der Waals surface area (Å²) in [6.07, 6.45) is 1.99. The average molecular weight is 303 g/mol. The fourth-order valence-electron chi connectivity index (χ4n) is 2.83. The number of nitrogen functional groups attached to an aromatic ring is 1. The third-order valence-electron chi connectivity index (χ3n) is 3.81. The molecule has 0 amide bonds. The van der Waals surface area contributed by atoms with Crippen LogP contribution < -0.4 is 11.1 Å². The first kappa shape index (κ1) is 14.4. The van der Waals surface area contributed by atoms with E-state index in [1.807, 2.05) is 18.2 Å². The minimum absolute atomic E-state index is 0.0704. The molecule has 3 rings (SSSR count). The van der Waals surface area contributed by atoms with Gasteiger partial charge in [-0.2, -0.15) is 4.37 Å². The van der Waals surface area contributed by atoms with E-state index >= 15 is 0 Å². The highest BCUT2D eigenvalue weighted by Gasteiger charge is 2.29. The second-order valence-corrected chi connectivity index (χ2v) is 6.85. The molecule has 0 spiro atoms. The highest BCUT2D eigenvalue weighted by atomic mass is 32.1. The van der Waals surface area contributed by atoms with Crippen LogP contribution in [0.1, 0.15) is 26.7 Å². The van der Waals surface area contributed by atoms with Gasteiger partial charge >= 0.3 is 0 Å². The van der Waals surface area contributed by atoms with Crippen LogP contribution in [0, 0.1) is 0 Å². The van der Waals surface area contributed by atoms with Crippen molar-refractivity contribution in [1.29, 1.82) is 0 Å². The fraction of sp³-hybridized carbons (Fsp3) is 0.438. The molecule has 1 aliphatic heterocycles. The molecule has 1 atom stereocenters. The van der Waals surface area contributed by atoms with Crippen molar-refractivity contribution in [3.63, 3.8) is 0 Å². The van der Waals surface area contributed by atoms with Crippen LogP contribution in [0.25, 0.3) is 11.1 Å². The molecule has 4 nitrogen and oxygen atoms in total. The van der Waals surface area contributed by atoms with Crippen molar-refractivity contribution in [3.05, 3.63) is 30.3 Å². The maximum absolute atomic E-state index is 6.07. The van der Waals surface area contributed by atoms with Crippen LogP contribution in [0.15, 0.2) is 30.3 Å². The summed E-state index contributed by atoms with van der Waals surface area (Å²) in [7, 11) is 0. The van der Waals surface area contributed by atoms with Gasteiger partial charge in [-0.3, -0.25) is 0 Å². The van der Waals surface area contributed by atoms with E-state index in [4.69, 9.17) is 10.5 Å². The van der Waals surface area contributed by atoms with Crippen molar-refractivity contribution in [2.45, 2.75) is 38.3 Å². The molecule has 0 bridgehead atoms. The molecule has 3 N–H and O–H groups in total. The maximum Gasteiger partial charge on any atom is 0.147 e. The van der Waals surface area contributed by atoms with Gasteiger partial charge < -0.3 is 15.8 Å². The van der Waals surface area contributed by atoms with Gasteiger partial charge in [-0.15, -0.1) is 0 Å². The van der Waals surface area contributed by atoms with Crippen molar-refractivity contribution in [2.75, 3.05) is 17.7 Å². The molecule has 21 heavy (non-hydrogen) atoms. The SMILES string of the molecule is CC1(C)CC(Nc2snc(N)c2-c2ccccc2)CCO1. The summed E-state index contributed by atoms with van der Waals surface area (Å²) >= 11 is 1.44. The van der Waals surface area contributed by atoms with Gasteiger partial charge in [0.15, 0.2) is 0 Å². The molecule has 2 aromatic rings. The largest absolute Gasteiger partial charge is 0.382 e. The van der Waals surface area contributed by atoms with Crippen LogP contribution in [0.2, 0.25) is 0 Å². The van der Waals surface area contributed by atoms with Crippen LogP contribution >= 0.6 is 11.5 Å². The molecule has 0 radical (unpaired) electrons. The Labute approximate surface area is 129 Å². The summed E-state index contributed by atoms with van der Waals surface area (Å²) < 4.78 is 10.1. The molecule has 1 unspecified atom stereocenters. The van der Waals surface area contributed by atoms with Crippen LogP contribution in [0.4, 0.5) is 10.8 Å². The lowest BCUT2D eigenvalue weighted by Crippen LogP contribution is -2.40. The Hall–Kier alpha value is -1.59. The minimum Gasteiger partial charge on any atom is -0.382 e. The number of aromatic nitrogens is 1. The predicted molar refractivity (Wildman–Crippen MR) is 88.6 cm³/mol. The standard InChI is InChI=1S/C16H21N3OS/c1-16(2)10-12(8-9-20-16)18-15-13(14(17)19-21-15)11-6-4-3-5-7-11/h3-7,12,18H,8-10H2,1-2H3,(H2,17,19). The quantitative estimate of drug-likeness (QED) is 0.906. The zero-order valence-electron chi connectivity index (χ0n) is 12.4. The molecule has 5 heteroatoms. The first-order valence-corrected chi connectivity index (χ1v) is 8.03. The number of benzene rings is 1. The maximum atomic E-state index is 6.07. The van der Waals surface area contributed by atoms with Crippen LogP contribution in [-0.2, 0) is 4.74 Å². The third-order valence-corrected chi connectivity index (χ3v) is 4.61. The average Bonchev–Trinajstić information content (AvgIpc) is 2.79. The van der Waals surface area contributed by atoms with E-state index in [9.17, 15) is 0 Å². The number of anilines is 2. The number of nitrogens with one attached hydrogen (secondary N) is 1. The number of ether oxygens (including phenoxy) is 1. The molecular formula is C16H21N3OS. The Morgan fingerprint density at radius 1 is 1.33 bits per heavy atom. The van der Waals surface area contributed by atoms with Crippen molar-refractivity contribution in [1.82, 2.24) is 4.37 Å². The Morgan fingerprint density at radius 2 is 2.10 bits per heavy atom. The van der Waals surface area contributed by atoms with Gasteiger partial charge in [0, 0.05) is 12.6 Å². The van der Waals surface area contributed by atoms with Gasteiger partial charge in [0.25, 0.3) is 0 Å². The normalized spacial score (nSPS) is 21.1. The number of nitrogens with two attached hydrogens (primary N) is 1. The lowest BCUT2D eigenvalue weighted by molar-refractivity contribution is -0.0552. The molecule has 0 aliphatic carbocycles. The van der Waals surface area contributed by atoms with Gasteiger partial charge in [0.1, 0.15) is 10.8 Å². The van der Waals surface area contributed by atoms with Crippen molar-refractivity contribution in [3.8, 4) is 11.1 Å². The summed E-state index contributed by atoms with van der Waals surface area (Å²) in [5, 5.41) is 4.68. The Bertz CT molecular complexity index is 609. The van der Waals surface area contributed by atoms with Crippen molar-refractivity contribution in [2.24, 2.45) is 0 Å². The number of rotatable bonds is 3. The molecular weight excluding hydrogens is 282 g/mol. The van der Waals surface area contributed by atoms with Crippen LogP contribution in [-0.4, -0.2) is 22.6 Å². The Kier molecular flexibility index (Phi) is 3.87. The molecule has 1 aromatic heterocycles. The van der Waals surface area contributed by atoms with Crippen LogP contribution in [0.5, 0.6) is 0 Å². The summed E-state index contributed by atoms with van der Waals surface area (Å²) in [6.45, 7) is 5.07. The predicted octanol–water partition coefficient (Wildman–Crippen LogP) is 3.76. The van der Waals surface area contributed by atoms with Gasteiger partial charge in [-0.05, 0) is 43.8 Å². The molecule has 0 saturated carbocycles. The van der Waals surface area contributed by atoms with Crippen LogP contribution in [0.3, 0.4) is 0 Å². The van der Waals surface area contributed by atoms with E-state index in [0.717, 1.165) is 35.6 Å². The molecule has 1 saturated heterocycles. The summed E-state index contributed by atoms with van der Waals surface area (Å²) in [6, 6.07) is 10.6. The van der Waals surface area contributed by atoms with Gasteiger partial charge in [-0.25, -0.2) is 0 Å². The third kappa shape index (κ3) is 3.19. The second-order valence-electron chi connectivity index (χ2n) is 6.08.